The number of aryl methyl sites for hydroxylation is 5. The molecule has 2 aromatic heterocycles. The molecule has 0 unspecified atom stereocenters. The molecule has 0 atom stereocenters. The van der Waals surface area contributed by atoms with Crippen LogP contribution in [0.1, 0.15) is 55.3 Å². The first-order chi connectivity index (χ1) is 23.9. The summed E-state index contributed by atoms with van der Waals surface area (Å²) in [5.41, 5.74) is 8.41. The number of benzene rings is 3. The van der Waals surface area contributed by atoms with Crippen molar-refractivity contribution in [2.75, 3.05) is 38.3 Å². The SMILES string of the molecule is Cc1cc(OCCCc2c(C=O)n(CCN(C)c3cc(C(=O)O)cc4c3OCCO4)c3c(-c4c(C)nn(C)c4C)c(Cl)ccc23)cc(C)c1Cl. The molecule has 0 bridgehead atoms. The Balaban J connectivity index is 1.40. The second kappa shape index (κ2) is 14.3. The van der Waals surface area contributed by atoms with Gasteiger partial charge in [0.2, 0.25) is 0 Å². The molecule has 1 aliphatic heterocycles. The van der Waals surface area contributed by atoms with E-state index in [-0.39, 0.29) is 5.56 Å². The predicted molar refractivity (Wildman–Crippen MR) is 196 cm³/mol. The number of aldehydes is 1. The molecule has 0 saturated heterocycles. The number of likely N-dealkylation sites (N-methyl/N-ethyl adjacent to an activating group) is 1. The Kier molecular flexibility index (Phi) is 10.0. The molecule has 262 valence electrons. The Morgan fingerprint density at radius 1 is 1.06 bits per heavy atom. The average Bonchev–Trinajstić information content (AvgIpc) is 3.53. The number of carbonyl (C=O) groups excluding carboxylic acids is 1. The molecule has 3 heterocycles. The molecule has 12 heteroatoms. The van der Waals surface area contributed by atoms with Gasteiger partial charge in [0.05, 0.1) is 39.8 Å². The van der Waals surface area contributed by atoms with Crippen molar-refractivity contribution in [1.82, 2.24) is 14.3 Å². The van der Waals surface area contributed by atoms with Crippen LogP contribution in [0, 0.1) is 27.7 Å². The molecule has 0 radical (unpaired) electrons. The number of ether oxygens (including phenoxy) is 3. The molecule has 6 rings (SSSR count). The largest absolute Gasteiger partial charge is 0.494 e. The number of carbonyl (C=O) groups is 2. The lowest BCUT2D eigenvalue weighted by atomic mass is 9.98. The van der Waals surface area contributed by atoms with Crippen molar-refractivity contribution < 1.29 is 28.9 Å². The minimum absolute atomic E-state index is 0.0983. The van der Waals surface area contributed by atoms with E-state index in [2.05, 4.69) is 5.10 Å². The number of hydrogen-bond donors (Lipinski definition) is 1. The minimum atomic E-state index is -1.06. The third-order valence-corrected chi connectivity index (χ3v) is 10.3. The van der Waals surface area contributed by atoms with Crippen molar-refractivity contribution in [3.05, 3.63) is 85.8 Å². The fourth-order valence-electron chi connectivity index (χ4n) is 6.86. The van der Waals surface area contributed by atoms with Gasteiger partial charge in [-0.2, -0.15) is 5.10 Å². The van der Waals surface area contributed by atoms with Gasteiger partial charge in [-0.15, -0.1) is 0 Å². The fourth-order valence-corrected chi connectivity index (χ4v) is 7.21. The summed E-state index contributed by atoms with van der Waals surface area (Å²) in [6, 6.07) is 10.8. The van der Waals surface area contributed by atoms with Gasteiger partial charge in [0.1, 0.15) is 19.0 Å². The van der Waals surface area contributed by atoms with Crippen LogP contribution in [0.25, 0.3) is 22.0 Å². The van der Waals surface area contributed by atoms with Crippen LogP contribution in [-0.2, 0) is 20.0 Å². The highest BCUT2D eigenvalue weighted by atomic mass is 35.5. The Bertz CT molecular complexity index is 2110. The van der Waals surface area contributed by atoms with Crippen LogP contribution in [0.4, 0.5) is 5.69 Å². The topological polar surface area (TPSA) is 108 Å². The van der Waals surface area contributed by atoms with E-state index < -0.39 is 5.97 Å². The van der Waals surface area contributed by atoms with Gasteiger partial charge in [0.25, 0.3) is 0 Å². The summed E-state index contributed by atoms with van der Waals surface area (Å²) < 4.78 is 21.7. The van der Waals surface area contributed by atoms with E-state index in [9.17, 15) is 14.7 Å². The van der Waals surface area contributed by atoms with Crippen LogP contribution in [0.2, 0.25) is 10.0 Å². The highest BCUT2D eigenvalue weighted by Crippen LogP contribution is 2.43. The van der Waals surface area contributed by atoms with Crippen molar-refractivity contribution in [2.45, 2.75) is 47.1 Å². The first-order valence-electron chi connectivity index (χ1n) is 16.5. The van der Waals surface area contributed by atoms with Crippen LogP contribution >= 0.6 is 23.2 Å². The lowest BCUT2D eigenvalue weighted by Crippen LogP contribution is -2.26. The number of hydrogen-bond acceptors (Lipinski definition) is 7. The van der Waals surface area contributed by atoms with E-state index in [4.69, 9.17) is 37.4 Å². The summed E-state index contributed by atoms with van der Waals surface area (Å²) in [5, 5.41) is 16.7. The first kappa shape index (κ1) is 35.2. The van der Waals surface area contributed by atoms with Gasteiger partial charge in [-0.1, -0.05) is 29.3 Å². The molecule has 1 N–H and O–H groups in total. The van der Waals surface area contributed by atoms with E-state index in [0.717, 1.165) is 67.2 Å². The van der Waals surface area contributed by atoms with Gasteiger partial charge >= 0.3 is 5.97 Å². The summed E-state index contributed by atoms with van der Waals surface area (Å²) in [7, 11) is 3.77. The summed E-state index contributed by atoms with van der Waals surface area (Å²) in [4.78, 5) is 26.9. The zero-order valence-electron chi connectivity index (χ0n) is 29.0. The Morgan fingerprint density at radius 3 is 2.44 bits per heavy atom. The zero-order valence-corrected chi connectivity index (χ0v) is 30.5. The number of aromatic nitrogens is 3. The molecule has 3 aromatic carbocycles. The molecular weight excluding hydrogens is 679 g/mol. The van der Waals surface area contributed by atoms with Gasteiger partial charge in [-0.3, -0.25) is 9.48 Å². The summed E-state index contributed by atoms with van der Waals surface area (Å²) in [5.74, 6) is 0.579. The maximum Gasteiger partial charge on any atom is 0.335 e. The van der Waals surface area contributed by atoms with Gasteiger partial charge in [0.15, 0.2) is 17.8 Å². The van der Waals surface area contributed by atoms with E-state index >= 15 is 0 Å². The maximum absolute atomic E-state index is 13.0. The van der Waals surface area contributed by atoms with Crippen LogP contribution in [0.5, 0.6) is 17.2 Å². The highest BCUT2D eigenvalue weighted by molar-refractivity contribution is 6.35. The van der Waals surface area contributed by atoms with Crippen LogP contribution in [0.3, 0.4) is 0 Å². The quantitative estimate of drug-likeness (QED) is 0.102. The number of carboxylic acid groups (broad SMARTS) is 1. The monoisotopic (exact) mass is 718 g/mol. The molecule has 0 aliphatic carbocycles. The van der Waals surface area contributed by atoms with E-state index in [1.165, 1.54) is 6.07 Å². The first-order valence-corrected chi connectivity index (χ1v) is 17.2. The Hall–Kier alpha value is -4.67. The fraction of sp³-hybridized carbons (Fsp3) is 0.342. The number of aromatic carboxylic acids is 1. The molecule has 10 nitrogen and oxygen atoms in total. The van der Waals surface area contributed by atoms with Gasteiger partial charge in [-0.25, -0.2) is 4.79 Å². The molecule has 0 amide bonds. The van der Waals surface area contributed by atoms with Crippen LogP contribution in [0.15, 0.2) is 36.4 Å². The van der Waals surface area contributed by atoms with Crippen molar-refractivity contribution in [2.24, 2.45) is 7.05 Å². The number of fused-ring (bicyclic) bond motifs is 2. The molecular formula is C38H40Cl2N4O6. The lowest BCUT2D eigenvalue weighted by Gasteiger charge is -2.27. The molecule has 5 aromatic rings. The van der Waals surface area contributed by atoms with Gasteiger partial charge in [0, 0.05) is 54.4 Å². The standard InChI is InChI=1S/C38H40Cl2N4O6/c1-21-16-26(17-22(2)35(21)40)48-13-7-8-27-28-9-10-29(39)34(33-23(3)41-43(6)24(33)4)36(28)44(31(27)20-45)12-11-42(5)30-18-25(38(46)47)19-32-37(30)50-15-14-49-32/h9-10,16-20H,7-8,11-15H2,1-6H3,(H,46,47). The highest BCUT2D eigenvalue weighted by Gasteiger charge is 2.26. The van der Waals surface area contributed by atoms with Crippen LogP contribution in [-0.4, -0.2) is 65.1 Å². The molecule has 0 fully saturated rings. The van der Waals surface area contributed by atoms with Crippen molar-refractivity contribution in [3.63, 3.8) is 0 Å². The predicted octanol–water partition coefficient (Wildman–Crippen LogP) is 8.01. The second-order valence-corrected chi connectivity index (χ2v) is 13.5. The van der Waals surface area contributed by atoms with E-state index in [1.54, 1.807) is 6.07 Å². The molecule has 0 spiro atoms. The van der Waals surface area contributed by atoms with Gasteiger partial charge < -0.3 is 28.8 Å². The zero-order chi connectivity index (χ0) is 35.9. The Labute approximate surface area is 301 Å². The molecule has 1 aliphatic rings. The van der Waals surface area contributed by atoms with Crippen LogP contribution < -0.4 is 19.1 Å². The number of nitrogens with zero attached hydrogens (tertiary/aromatic N) is 4. The normalized spacial score (nSPS) is 12.4. The molecule has 0 saturated carbocycles. The third-order valence-electron chi connectivity index (χ3n) is 9.38. The Morgan fingerprint density at radius 2 is 1.78 bits per heavy atom. The summed E-state index contributed by atoms with van der Waals surface area (Å²) >= 11 is 13.4. The summed E-state index contributed by atoms with van der Waals surface area (Å²) in [6.45, 7) is 9.81. The lowest BCUT2D eigenvalue weighted by molar-refractivity contribution is 0.0695. The number of halogens is 2. The maximum atomic E-state index is 13.0. The van der Waals surface area contributed by atoms with Gasteiger partial charge in [-0.05, 0) is 87.6 Å². The number of carboxylic acids is 1. The van der Waals surface area contributed by atoms with Crippen molar-refractivity contribution in [1.29, 1.82) is 0 Å². The minimum Gasteiger partial charge on any atom is -0.494 e. The number of anilines is 1. The van der Waals surface area contributed by atoms with Crippen molar-refractivity contribution >= 4 is 52.0 Å². The second-order valence-electron chi connectivity index (χ2n) is 12.7. The van der Waals surface area contributed by atoms with E-state index in [1.807, 2.05) is 80.2 Å². The summed E-state index contributed by atoms with van der Waals surface area (Å²) in [6.07, 6.45) is 2.16. The molecule has 50 heavy (non-hydrogen) atoms. The third kappa shape index (κ3) is 6.50. The van der Waals surface area contributed by atoms with Crippen molar-refractivity contribution in [3.8, 4) is 28.4 Å². The number of rotatable bonds is 12. The van der Waals surface area contributed by atoms with E-state index in [0.29, 0.717) is 73.7 Å². The average molecular weight is 720 g/mol. The smallest absolute Gasteiger partial charge is 0.335 e.